The van der Waals surface area contributed by atoms with E-state index in [1.165, 1.54) is 54.2 Å². The molecule has 0 amide bonds. The van der Waals surface area contributed by atoms with Gasteiger partial charge in [0.25, 0.3) is 0 Å². The van der Waals surface area contributed by atoms with Crippen molar-refractivity contribution in [1.82, 2.24) is 24.6 Å². The number of rotatable bonds is 18. The highest BCUT2D eigenvalue weighted by Gasteiger charge is 2.47. The number of piperazine rings is 1. The van der Waals surface area contributed by atoms with Crippen LogP contribution in [0.1, 0.15) is 43.4 Å². The summed E-state index contributed by atoms with van der Waals surface area (Å²) < 4.78 is 79.0. The molecule has 2 fully saturated rings. The Hall–Kier alpha value is -5.26. The number of nitrogens with zero attached hydrogens (tertiary/aromatic N) is 6. The Bertz CT molecular complexity index is 2000. The molecule has 2 aliphatic heterocycles. The molecular formula is C41H47F3N6O9S. The van der Waals surface area contributed by atoms with E-state index >= 15 is 4.39 Å². The van der Waals surface area contributed by atoms with Gasteiger partial charge < -0.3 is 33.3 Å². The van der Waals surface area contributed by atoms with Crippen molar-refractivity contribution >= 4 is 35.9 Å². The summed E-state index contributed by atoms with van der Waals surface area (Å²) >= 11 is 1.24. The van der Waals surface area contributed by atoms with Gasteiger partial charge in [0.15, 0.2) is 11.9 Å². The number of likely N-dealkylation sites (N-methyl/N-ethyl adjacent to an activating group) is 1. The average Bonchev–Trinajstić information content (AvgIpc) is 3.73. The Balaban J connectivity index is 1.19. The third-order valence-electron chi connectivity index (χ3n) is 9.61. The van der Waals surface area contributed by atoms with Crippen molar-refractivity contribution in [2.75, 3.05) is 59.6 Å². The molecule has 5 rings (SSSR count). The number of ether oxygens (including phenoxy) is 6. The maximum absolute atomic E-state index is 15.8. The number of allylic oxidation sites excluding steroid dienone is 2. The van der Waals surface area contributed by atoms with Gasteiger partial charge in [-0.15, -0.1) is 11.8 Å². The summed E-state index contributed by atoms with van der Waals surface area (Å²) in [6.07, 6.45) is 4.81. The third kappa shape index (κ3) is 13.6. The highest BCUT2D eigenvalue weighted by molar-refractivity contribution is 8.00. The number of halogens is 3. The second-order valence-corrected chi connectivity index (χ2v) is 15.7. The van der Waals surface area contributed by atoms with Crippen LogP contribution in [0, 0.1) is 28.8 Å². The summed E-state index contributed by atoms with van der Waals surface area (Å²) in [5, 5.41) is 11.9. The normalized spacial score (nSPS) is 19.6. The first-order valence-corrected chi connectivity index (χ1v) is 20.1. The molecule has 0 spiro atoms. The number of hydrogen-bond donors (Lipinski definition) is 0. The Labute approximate surface area is 350 Å². The summed E-state index contributed by atoms with van der Waals surface area (Å²) in [6, 6.07) is 8.88. The zero-order valence-electron chi connectivity index (χ0n) is 33.4. The van der Waals surface area contributed by atoms with E-state index in [0.717, 1.165) is 44.4 Å². The summed E-state index contributed by atoms with van der Waals surface area (Å²) in [6.45, 7) is 7.33. The van der Waals surface area contributed by atoms with Crippen LogP contribution in [0.5, 0.6) is 0 Å². The van der Waals surface area contributed by atoms with E-state index in [2.05, 4.69) is 19.9 Å². The van der Waals surface area contributed by atoms with Crippen LogP contribution >= 0.6 is 11.8 Å². The SMILES string of the molecule is CC(OC(=O)CCC(=O)OCCN1CCN(C)CC1)OC(=O)OC(Cn1cncn1)(c1ccc(F)cc1F)C(C)SC1COC(C=CC=Cc2ccc(C#N)cc2F)OC1. The molecule has 3 atom stereocenters. The zero-order chi connectivity index (χ0) is 43.1. The smallest absolute Gasteiger partial charge is 0.464 e. The molecule has 0 bridgehead atoms. The molecule has 3 aromatic rings. The van der Waals surface area contributed by atoms with Crippen LogP contribution in [-0.4, -0.2) is 125 Å². The van der Waals surface area contributed by atoms with Gasteiger partial charge in [-0.3, -0.25) is 14.5 Å². The molecule has 1 aromatic heterocycles. The molecule has 3 heterocycles. The number of benzene rings is 2. The van der Waals surface area contributed by atoms with E-state index < -0.39 is 59.0 Å². The standard InChI is InChI=1S/C41H47F3N6O9S/c1-28(60-33-23-55-39(56-24-33)7-5-4-6-31-9-8-30(22-45)20-35(31)43)41(25-50-27-46-26-47-50,34-11-10-32(42)21-36(34)44)59-40(53)58-29(2)57-38(52)13-12-37(51)54-19-18-49-16-14-48(3)15-17-49/h4-11,20-21,26-29,33,39H,12-19,23-25H2,1-3H3. The van der Waals surface area contributed by atoms with Gasteiger partial charge in [-0.25, -0.2) is 27.6 Å². The van der Waals surface area contributed by atoms with Gasteiger partial charge in [-0.2, -0.15) is 10.4 Å². The topological polar surface area (TPSA) is 168 Å². The Kier molecular flexibility index (Phi) is 17.1. The van der Waals surface area contributed by atoms with Crippen molar-refractivity contribution in [3.8, 4) is 6.07 Å². The average molecular weight is 857 g/mol. The minimum Gasteiger partial charge on any atom is -0.464 e. The number of aromatic nitrogens is 3. The van der Waals surface area contributed by atoms with E-state index in [9.17, 15) is 23.2 Å². The van der Waals surface area contributed by atoms with E-state index in [4.69, 9.17) is 33.7 Å². The van der Waals surface area contributed by atoms with Crippen LogP contribution in [0.2, 0.25) is 0 Å². The maximum atomic E-state index is 15.8. The lowest BCUT2D eigenvalue weighted by atomic mass is 9.89. The zero-order valence-corrected chi connectivity index (χ0v) is 34.2. The van der Waals surface area contributed by atoms with Crippen LogP contribution in [0.3, 0.4) is 0 Å². The lowest BCUT2D eigenvalue weighted by molar-refractivity contribution is -0.173. The van der Waals surface area contributed by atoms with Crippen molar-refractivity contribution in [2.24, 2.45) is 0 Å². The van der Waals surface area contributed by atoms with Crippen LogP contribution in [0.15, 0.2) is 67.3 Å². The van der Waals surface area contributed by atoms with Gasteiger partial charge >= 0.3 is 18.1 Å². The quantitative estimate of drug-likeness (QED) is 0.0708. The minimum atomic E-state index is -1.92. The van der Waals surface area contributed by atoms with Gasteiger partial charge in [0.2, 0.25) is 6.29 Å². The van der Waals surface area contributed by atoms with E-state index in [0.29, 0.717) is 18.2 Å². The van der Waals surface area contributed by atoms with Gasteiger partial charge in [-0.1, -0.05) is 24.3 Å². The first-order chi connectivity index (χ1) is 28.8. The van der Waals surface area contributed by atoms with Crippen molar-refractivity contribution in [2.45, 2.75) is 61.9 Å². The maximum Gasteiger partial charge on any atom is 0.512 e. The van der Waals surface area contributed by atoms with Crippen molar-refractivity contribution in [3.05, 3.63) is 101 Å². The fourth-order valence-electron chi connectivity index (χ4n) is 6.34. The first kappa shape index (κ1) is 45.8. The lowest BCUT2D eigenvalue weighted by Gasteiger charge is -2.40. The van der Waals surface area contributed by atoms with Crippen LogP contribution in [0.4, 0.5) is 18.0 Å². The van der Waals surface area contributed by atoms with Crippen molar-refractivity contribution < 1.29 is 56.0 Å². The molecule has 2 aromatic carbocycles. The highest BCUT2D eigenvalue weighted by Crippen LogP contribution is 2.42. The number of nitriles is 1. The molecule has 60 heavy (non-hydrogen) atoms. The second kappa shape index (κ2) is 22.4. The number of hydrogen-bond acceptors (Lipinski definition) is 15. The molecule has 0 aliphatic carbocycles. The van der Waals surface area contributed by atoms with Crippen LogP contribution < -0.4 is 0 Å². The van der Waals surface area contributed by atoms with Crippen molar-refractivity contribution in [3.63, 3.8) is 0 Å². The molecule has 0 saturated carbocycles. The lowest BCUT2D eigenvalue weighted by Crippen LogP contribution is -2.47. The Morgan fingerprint density at radius 3 is 2.43 bits per heavy atom. The molecule has 322 valence electrons. The predicted molar refractivity (Wildman–Crippen MR) is 211 cm³/mol. The Morgan fingerprint density at radius 2 is 1.75 bits per heavy atom. The fourth-order valence-corrected chi connectivity index (χ4v) is 7.70. The van der Waals surface area contributed by atoms with E-state index in [1.807, 2.05) is 13.1 Å². The van der Waals surface area contributed by atoms with E-state index in [-0.39, 0.29) is 55.6 Å². The summed E-state index contributed by atoms with van der Waals surface area (Å²) in [4.78, 5) is 46.7. The monoisotopic (exact) mass is 856 g/mol. The number of carbonyl (C=O) groups excluding carboxylic acids is 3. The number of carbonyl (C=O) groups is 3. The third-order valence-corrected chi connectivity index (χ3v) is 11.1. The Morgan fingerprint density at radius 1 is 1.00 bits per heavy atom. The molecule has 3 unspecified atom stereocenters. The minimum absolute atomic E-state index is 0.157. The number of esters is 2. The van der Waals surface area contributed by atoms with E-state index in [1.54, 1.807) is 25.2 Å². The predicted octanol–water partition coefficient (Wildman–Crippen LogP) is 5.21. The molecule has 19 heteroatoms. The van der Waals surface area contributed by atoms with Gasteiger partial charge in [0, 0.05) is 62.1 Å². The highest BCUT2D eigenvalue weighted by atomic mass is 32.2. The van der Waals surface area contributed by atoms with Gasteiger partial charge in [0.1, 0.15) is 36.7 Å². The summed E-state index contributed by atoms with van der Waals surface area (Å²) in [5.74, 6) is -3.83. The molecule has 15 nitrogen and oxygen atoms in total. The van der Waals surface area contributed by atoms with Gasteiger partial charge in [-0.05, 0) is 44.3 Å². The van der Waals surface area contributed by atoms with Crippen LogP contribution in [0.25, 0.3) is 6.08 Å². The van der Waals surface area contributed by atoms with Gasteiger partial charge in [0.05, 0.1) is 49.5 Å². The molecular weight excluding hydrogens is 810 g/mol. The fraction of sp³-hybridized carbons (Fsp3) is 0.463. The molecule has 2 saturated heterocycles. The first-order valence-electron chi connectivity index (χ1n) is 19.2. The second-order valence-electron chi connectivity index (χ2n) is 14.0. The van der Waals surface area contributed by atoms with Crippen molar-refractivity contribution in [1.29, 1.82) is 5.26 Å². The van der Waals surface area contributed by atoms with Crippen LogP contribution in [-0.2, 0) is 50.2 Å². The number of thioether (sulfide) groups is 1. The molecule has 0 N–H and O–H groups in total. The molecule has 2 aliphatic rings. The largest absolute Gasteiger partial charge is 0.512 e. The summed E-state index contributed by atoms with van der Waals surface area (Å²) in [7, 11) is 2.05. The summed E-state index contributed by atoms with van der Waals surface area (Å²) in [5.41, 5.74) is -1.61. The molecule has 0 radical (unpaired) electrons.